The van der Waals surface area contributed by atoms with Crippen molar-refractivity contribution in [2.45, 2.75) is 42.1 Å². The zero-order chi connectivity index (χ0) is 19.0. The van der Waals surface area contributed by atoms with Gasteiger partial charge in [-0.3, -0.25) is 4.98 Å². The van der Waals surface area contributed by atoms with E-state index < -0.39 is 0 Å². The summed E-state index contributed by atoms with van der Waals surface area (Å²) >= 11 is 7.83. The minimum atomic E-state index is -0.0823. The number of aromatic nitrogens is 4. The van der Waals surface area contributed by atoms with E-state index in [4.69, 9.17) is 22.3 Å². The molecule has 1 aliphatic rings. The summed E-state index contributed by atoms with van der Waals surface area (Å²) in [6.45, 7) is 5.79. The Balaban J connectivity index is 1.56. The van der Waals surface area contributed by atoms with Gasteiger partial charge in [0.1, 0.15) is 16.4 Å². The van der Waals surface area contributed by atoms with Crippen LogP contribution in [0.2, 0.25) is 5.02 Å². The highest BCUT2D eigenvalue weighted by molar-refractivity contribution is 7.99. The molecule has 0 saturated carbocycles. The number of pyridine rings is 2. The van der Waals surface area contributed by atoms with E-state index in [2.05, 4.69) is 26.8 Å². The first-order valence-corrected chi connectivity index (χ1v) is 10.1. The summed E-state index contributed by atoms with van der Waals surface area (Å²) < 4.78 is 0. The summed E-state index contributed by atoms with van der Waals surface area (Å²) in [5.41, 5.74) is 8.36. The van der Waals surface area contributed by atoms with Gasteiger partial charge in [0, 0.05) is 29.7 Å². The number of halogens is 1. The summed E-state index contributed by atoms with van der Waals surface area (Å²) in [5, 5.41) is 1.48. The van der Waals surface area contributed by atoms with Gasteiger partial charge in [0.2, 0.25) is 0 Å². The van der Waals surface area contributed by atoms with Crippen molar-refractivity contribution in [1.82, 2.24) is 19.9 Å². The fraction of sp³-hybridized carbons (Fsp3) is 0.368. The van der Waals surface area contributed by atoms with Gasteiger partial charge in [0.15, 0.2) is 5.65 Å². The monoisotopic (exact) mass is 400 g/mol. The molecule has 2 N–H and O–H groups in total. The van der Waals surface area contributed by atoms with Crippen molar-refractivity contribution < 1.29 is 0 Å². The Kier molecular flexibility index (Phi) is 4.92. The number of aryl methyl sites for hydroxylation is 1. The van der Waals surface area contributed by atoms with Crippen molar-refractivity contribution in [3.63, 3.8) is 0 Å². The number of hydrogen-bond donors (Lipinski definition) is 1. The van der Waals surface area contributed by atoms with Gasteiger partial charge in [0.25, 0.3) is 0 Å². The van der Waals surface area contributed by atoms with Gasteiger partial charge in [-0.1, -0.05) is 23.4 Å². The van der Waals surface area contributed by atoms with Crippen LogP contribution in [0.4, 0.5) is 5.82 Å². The molecule has 3 aromatic rings. The molecule has 6 nitrogen and oxygen atoms in total. The SMILES string of the molecule is Cc1nccc(Sc2ccc3nc(N4CCC(C)(N)CC4)cnc3n2)c1Cl. The number of anilines is 1. The van der Waals surface area contributed by atoms with Gasteiger partial charge in [-0.05, 0) is 44.9 Å². The Morgan fingerprint density at radius 3 is 2.70 bits per heavy atom. The number of rotatable bonds is 3. The highest BCUT2D eigenvalue weighted by Crippen LogP contribution is 2.33. The molecule has 0 spiro atoms. The Morgan fingerprint density at radius 2 is 1.93 bits per heavy atom. The third-order valence-electron chi connectivity index (χ3n) is 4.84. The second kappa shape index (κ2) is 7.22. The Bertz CT molecular complexity index is 983. The van der Waals surface area contributed by atoms with E-state index in [1.807, 2.05) is 25.1 Å². The van der Waals surface area contributed by atoms with Crippen molar-refractivity contribution in [3.8, 4) is 0 Å². The lowest BCUT2D eigenvalue weighted by Gasteiger charge is -2.37. The molecule has 0 bridgehead atoms. The van der Waals surface area contributed by atoms with Gasteiger partial charge in [-0.25, -0.2) is 15.0 Å². The first-order valence-electron chi connectivity index (χ1n) is 8.88. The van der Waals surface area contributed by atoms with Crippen molar-refractivity contribution in [2.75, 3.05) is 18.0 Å². The quantitative estimate of drug-likeness (QED) is 0.714. The Labute approximate surface area is 167 Å². The Morgan fingerprint density at radius 1 is 1.15 bits per heavy atom. The summed E-state index contributed by atoms with van der Waals surface area (Å²) in [6.07, 6.45) is 5.45. The first-order chi connectivity index (χ1) is 12.9. The van der Waals surface area contributed by atoms with Crippen LogP contribution in [0.15, 0.2) is 40.5 Å². The minimum Gasteiger partial charge on any atom is -0.355 e. The van der Waals surface area contributed by atoms with E-state index in [9.17, 15) is 0 Å². The van der Waals surface area contributed by atoms with E-state index in [1.165, 1.54) is 11.8 Å². The highest BCUT2D eigenvalue weighted by atomic mass is 35.5. The normalized spacial score (nSPS) is 16.7. The fourth-order valence-electron chi connectivity index (χ4n) is 3.05. The maximum absolute atomic E-state index is 6.33. The average Bonchev–Trinajstić information content (AvgIpc) is 2.65. The molecule has 3 aromatic heterocycles. The predicted octanol–water partition coefficient (Wildman–Crippen LogP) is 3.85. The molecule has 8 heteroatoms. The van der Waals surface area contributed by atoms with E-state index in [-0.39, 0.29) is 5.54 Å². The molecular weight excluding hydrogens is 380 g/mol. The van der Waals surface area contributed by atoms with Crippen molar-refractivity contribution in [1.29, 1.82) is 0 Å². The lowest BCUT2D eigenvalue weighted by molar-refractivity contribution is 0.363. The van der Waals surface area contributed by atoms with Crippen LogP contribution in [-0.2, 0) is 0 Å². The van der Waals surface area contributed by atoms with Crippen LogP contribution >= 0.6 is 23.4 Å². The fourth-order valence-corrected chi connectivity index (χ4v) is 4.14. The number of fused-ring (bicyclic) bond motifs is 1. The summed E-state index contributed by atoms with van der Waals surface area (Å²) in [4.78, 5) is 21.3. The van der Waals surface area contributed by atoms with Gasteiger partial charge < -0.3 is 10.6 Å². The molecule has 0 radical (unpaired) electrons. The van der Waals surface area contributed by atoms with E-state index in [0.717, 1.165) is 52.9 Å². The van der Waals surface area contributed by atoms with Gasteiger partial charge in [0.05, 0.1) is 16.9 Å². The topological polar surface area (TPSA) is 80.8 Å². The average molecular weight is 401 g/mol. The first kappa shape index (κ1) is 18.4. The van der Waals surface area contributed by atoms with Crippen LogP contribution in [0.25, 0.3) is 11.2 Å². The van der Waals surface area contributed by atoms with Crippen LogP contribution in [0.5, 0.6) is 0 Å². The van der Waals surface area contributed by atoms with Crippen molar-refractivity contribution >= 4 is 40.3 Å². The van der Waals surface area contributed by atoms with Crippen LogP contribution in [0.3, 0.4) is 0 Å². The molecule has 1 fully saturated rings. The third-order valence-corrected chi connectivity index (χ3v) is 6.42. The van der Waals surface area contributed by atoms with E-state index >= 15 is 0 Å². The standard InChI is InChI=1S/C19H21ClN6S/c1-12-17(20)14(5-8-22-12)27-16-4-3-13-18(25-16)23-11-15(24-13)26-9-6-19(2,21)7-10-26/h3-5,8,11H,6-7,9-10,21H2,1-2H3. The second-order valence-electron chi connectivity index (χ2n) is 7.17. The van der Waals surface area contributed by atoms with Crippen molar-refractivity contribution in [2.24, 2.45) is 5.73 Å². The molecule has 0 amide bonds. The predicted molar refractivity (Wildman–Crippen MR) is 109 cm³/mol. The van der Waals surface area contributed by atoms with Gasteiger partial charge in [-0.2, -0.15) is 0 Å². The number of nitrogens with two attached hydrogens (primary N) is 1. The lowest BCUT2D eigenvalue weighted by Crippen LogP contribution is -2.48. The molecular formula is C19H21ClN6S. The van der Waals surface area contributed by atoms with Crippen LogP contribution < -0.4 is 10.6 Å². The maximum atomic E-state index is 6.33. The van der Waals surface area contributed by atoms with Crippen LogP contribution in [-0.4, -0.2) is 38.6 Å². The number of piperidine rings is 1. The highest BCUT2D eigenvalue weighted by Gasteiger charge is 2.26. The number of nitrogens with zero attached hydrogens (tertiary/aromatic N) is 5. The summed E-state index contributed by atoms with van der Waals surface area (Å²) in [7, 11) is 0. The molecule has 1 aliphatic heterocycles. The maximum Gasteiger partial charge on any atom is 0.179 e. The largest absolute Gasteiger partial charge is 0.355 e. The molecule has 0 aliphatic carbocycles. The van der Waals surface area contributed by atoms with Gasteiger partial charge in [-0.15, -0.1) is 0 Å². The molecule has 0 aromatic carbocycles. The Hall–Kier alpha value is -1.96. The second-order valence-corrected chi connectivity index (χ2v) is 8.61. The molecule has 0 atom stereocenters. The molecule has 4 heterocycles. The zero-order valence-corrected chi connectivity index (χ0v) is 16.9. The zero-order valence-electron chi connectivity index (χ0n) is 15.3. The third kappa shape index (κ3) is 4.00. The molecule has 0 unspecified atom stereocenters. The van der Waals surface area contributed by atoms with E-state index in [1.54, 1.807) is 12.4 Å². The van der Waals surface area contributed by atoms with Gasteiger partial charge >= 0.3 is 0 Å². The van der Waals surface area contributed by atoms with Crippen molar-refractivity contribution in [3.05, 3.63) is 41.3 Å². The van der Waals surface area contributed by atoms with Crippen LogP contribution in [0, 0.1) is 6.92 Å². The van der Waals surface area contributed by atoms with E-state index in [0.29, 0.717) is 10.7 Å². The molecule has 4 rings (SSSR count). The summed E-state index contributed by atoms with van der Waals surface area (Å²) in [5.74, 6) is 0.882. The van der Waals surface area contributed by atoms with Crippen LogP contribution in [0.1, 0.15) is 25.5 Å². The molecule has 1 saturated heterocycles. The summed E-state index contributed by atoms with van der Waals surface area (Å²) in [6, 6.07) is 5.80. The number of hydrogen-bond acceptors (Lipinski definition) is 7. The lowest BCUT2D eigenvalue weighted by atomic mass is 9.91. The smallest absolute Gasteiger partial charge is 0.179 e. The minimum absolute atomic E-state index is 0.0823. The molecule has 27 heavy (non-hydrogen) atoms. The molecule has 140 valence electrons.